The fraction of sp³-hybridized carbons (Fsp3) is 0.588. The number of hydrogen-bond donors (Lipinski definition) is 2. The van der Waals surface area contributed by atoms with Crippen LogP contribution in [0.4, 0.5) is 0 Å². The molecule has 0 aromatic heterocycles. The Morgan fingerprint density at radius 1 is 1.25 bits per heavy atom. The van der Waals surface area contributed by atoms with E-state index in [2.05, 4.69) is 10.6 Å². The first-order valence-electron chi connectivity index (χ1n) is 8.23. The molecule has 2 bridgehead atoms. The monoisotopic (exact) mass is 392 g/mol. The summed E-state index contributed by atoms with van der Waals surface area (Å²) in [5.74, 6) is 0.716. The summed E-state index contributed by atoms with van der Waals surface area (Å²) in [5.41, 5.74) is 0. The Bertz CT molecular complexity index is 559. The molecule has 2 fully saturated rings. The van der Waals surface area contributed by atoms with Gasteiger partial charge >= 0.3 is 0 Å². The molecule has 1 amide bonds. The van der Waals surface area contributed by atoms with E-state index in [0.717, 1.165) is 12.8 Å². The molecule has 3 rings (SSSR count). The van der Waals surface area contributed by atoms with Crippen molar-refractivity contribution in [2.45, 2.75) is 56.7 Å². The highest BCUT2D eigenvalue weighted by Gasteiger charge is 2.33. The van der Waals surface area contributed by atoms with E-state index in [-0.39, 0.29) is 18.3 Å². The molecular weight excluding hydrogens is 371 g/mol. The second-order valence-electron chi connectivity index (χ2n) is 6.40. The van der Waals surface area contributed by atoms with Crippen LogP contribution < -0.4 is 15.4 Å². The Morgan fingerprint density at radius 2 is 1.96 bits per heavy atom. The van der Waals surface area contributed by atoms with Crippen molar-refractivity contribution in [1.82, 2.24) is 10.6 Å². The highest BCUT2D eigenvalue weighted by atomic mass is 35.5. The van der Waals surface area contributed by atoms with Crippen LogP contribution in [-0.2, 0) is 4.79 Å². The van der Waals surface area contributed by atoms with E-state index in [0.29, 0.717) is 53.4 Å². The fourth-order valence-corrected chi connectivity index (χ4v) is 3.95. The maximum Gasteiger partial charge on any atom is 0.220 e. The fourth-order valence-electron chi connectivity index (χ4n) is 3.48. The zero-order valence-corrected chi connectivity index (χ0v) is 15.7. The van der Waals surface area contributed by atoms with Gasteiger partial charge in [-0.1, -0.05) is 23.2 Å². The molecule has 2 aliphatic heterocycles. The van der Waals surface area contributed by atoms with Gasteiger partial charge in [-0.25, -0.2) is 0 Å². The van der Waals surface area contributed by atoms with Crippen LogP contribution in [0.1, 0.15) is 38.5 Å². The second kappa shape index (κ2) is 9.14. The van der Waals surface area contributed by atoms with Crippen molar-refractivity contribution < 1.29 is 9.53 Å². The Morgan fingerprint density at radius 3 is 2.62 bits per heavy atom. The summed E-state index contributed by atoms with van der Waals surface area (Å²) in [5, 5.41) is 7.81. The minimum Gasteiger partial charge on any atom is -0.492 e. The third-order valence-corrected chi connectivity index (χ3v) is 5.07. The van der Waals surface area contributed by atoms with Crippen molar-refractivity contribution in [2.75, 3.05) is 6.61 Å². The molecule has 24 heavy (non-hydrogen) atoms. The van der Waals surface area contributed by atoms with E-state index in [1.54, 1.807) is 18.2 Å². The summed E-state index contributed by atoms with van der Waals surface area (Å²) >= 11 is 11.9. The minimum atomic E-state index is 0. The Kier molecular flexibility index (Phi) is 7.48. The number of rotatable bonds is 6. The number of piperidine rings is 1. The van der Waals surface area contributed by atoms with E-state index >= 15 is 0 Å². The van der Waals surface area contributed by atoms with Crippen LogP contribution in [0.25, 0.3) is 0 Å². The van der Waals surface area contributed by atoms with Crippen LogP contribution in [0.2, 0.25) is 10.0 Å². The molecule has 2 aliphatic rings. The molecule has 2 unspecified atom stereocenters. The lowest BCUT2D eigenvalue weighted by Gasteiger charge is -2.29. The highest BCUT2D eigenvalue weighted by Crippen LogP contribution is 2.28. The van der Waals surface area contributed by atoms with Gasteiger partial charge in [0.1, 0.15) is 5.75 Å². The number of benzene rings is 1. The van der Waals surface area contributed by atoms with E-state index in [4.69, 9.17) is 27.9 Å². The first-order valence-corrected chi connectivity index (χ1v) is 8.99. The quantitative estimate of drug-likeness (QED) is 0.719. The number of hydrogen-bond acceptors (Lipinski definition) is 3. The SMILES string of the molecule is Cl.O=C(CCCOc1ccc(Cl)cc1Cl)NC1CC2CCC(C1)N2. The number of carbonyl (C=O) groups is 1. The lowest BCUT2D eigenvalue weighted by atomic mass is 9.99. The first kappa shape index (κ1) is 19.6. The molecule has 2 N–H and O–H groups in total. The van der Waals surface area contributed by atoms with Crippen LogP contribution >= 0.6 is 35.6 Å². The zero-order valence-electron chi connectivity index (χ0n) is 13.4. The summed E-state index contributed by atoms with van der Waals surface area (Å²) in [7, 11) is 0. The average molecular weight is 394 g/mol. The molecule has 2 heterocycles. The summed E-state index contributed by atoms with van der Waals surface area (Å²) in [6, 6.07) is 6.64. The molecule has 0 radical (unpaired) electrons. The highest BCUT2D eigenvalue weighted by molar-refractivity contribution is 6.35. The van der Waals surface area contributed by atoms with Gasteiger partial charge in [0.15, 0.2) is 0 Å². The second-order valence-corrected chi connectivity index (χ2v) is 7.24. The summed E-state index contributed by atoms with van der Waals surface area (Å²) < 4.78 is 5.60. The minimum absolute atomic E-state index is 0. The molecule has 4 nitrogen and oxygen atoms in total. The van der Waals surface area contributed by atoms with E-state index in [9.17, 15) is 4.79 Å². The van der Waals surface area contributed by atoms with Gasteiger partial charge in [-0.15, -0.1) is 12.4 Å². The zero-order chi connectivity index (χ0) is 16.2. The summed E-state index contributed by atoms with van der Waals surface area (Å²) in [6.45, 7) is 0.465. The van der Waals surface area contributed by atoms with Gasteiger partial charge in [0.05, 0.1) is 11.6 Å². The summed E-state index contributed by atoms with van der Waals surface area (Å²) in [4.78, 5) is 12.0. The van der Waals surface area contributed by atoms with Crippen molar-refractivity contribution in [3.8, 4) is 5.75 Å². The predicted octanol–water partition coefficient (Wildman–Crippen LogP) is 3.97. The van der Waals surface area contributed by atoms with Gasteiger partial charge in [-0.2, -0.15) is 0 Å². The first-order chi connectivity index (χ1) is 11.1. The molecular formula is C17H23Cl3N2O2. The normalized spacial score (nSPS) is 25.0. The van der Waals surface area contributed by atoms with E-state index in [1.165, 1.54) is 12.8 Å². The third-order valence-electron chi connectivity index (χ3n) is 4.54. The van der Waals surface area contributed by atoms with Gasteiger partial charge in [0.25, 0.3) is 0 Å². The van der Waals surface area contributed by atoms with Gasteiger partial charge in [0.2, 0.25) is 5.91 Å². The van der Waals surface area contributed by atoms with Crippen LogP contribution in [0.5, 0.6) is 5.75 Å². The molecule has 134 valence electrons. The standard InChI is InChI=1S/C17H22Cl2N2O2.ClH/c18-11-3-6-16(15(19)8-11)23-7-1-2-17(22)21-14-9-12-4-5-13(10-14)20-12;/h3,6,8,12-14,20H,1-2,4-5,7,9-10H2,(H,21,22);1H. The molecule has 0 aliphatic carbocycles. The predicted molar refractivity (Wildman–Crippen MR) is 99.5 cm³/mol. The number of amides is 1. The van der Waals surface area contributed by atoms with E-state index in [1.807, 2.05) is 0 Å². The van der Waals surface area contributed by atoms with Crippen molar-refractivity contribution in [2.24, 2.45) is 0 Å². The number of halogens is 3. The van der Waals surface area contributed by atoms with Crippen molar-refractivity contribution in [3.05, 3.63) is 28.2 Å². The number of nitrogens with one attached hydrogen (secondary N) is 2. The van der Waals surface area contributed by atoms with Gasteiger partial charge in [-0.05, 0) is 50.3 Å². The average Bonchev–Trinajstić information content (AvgIpc) is 2.84. The lowest BCUT2D eigenvalue weighted by Crippen LogP contribution is -2.48. The maximum atomic E-state index is 12.0. The number of ether oxygens (including phenoxy) is 1. The third kappa shape index (κ3) is 5.41. The molecule has 1 aromatic carbocycles. The Labute approximate surface area is 159 Å². The van der Waals surface area contributed by atoms with Gasteiger partial charge in [0, 0.05) is 29.6 Å². The van der Waals surface area contributed by atoms with Crippen LogP contribution in [-0.4, -0.2) is 30.6 Å². The van der Waals surface area contributed by atoms with Crippen LogP contribution in [0, 0.1) is 0 Å². The van der Waals surface area contributed by atoms with Crippen molar-refractivity contribution in [1.29, 1.82) is 0 Å². The molecule has 2 saturated heterocycles. The molecule has 2 atom stereocenters. The topological polar surface area (TPSA) is 50.4 Å². The van der Waals surface area contributed by atoms with Gasteiger partial charge < -0.3 is 15.4 Å². The molecule has 1 aromatic rings. The van der Waals surface area contributed by atoms with Crippen LogP contribution in [0.3, 0.4) is 0 Å². The molecule has 7 heteroatoms. The number of fused-ring (bicyclic) bond motifs is 2. The van der Waals surface area contributed by atoms with E-state index < -0.39 is 0 Å². The lowest BCUT2D eigenvalue weighted by molar-refractivity contribution is -0.122. The maximum absolute atomic E-state index is 12.0. The van der Waals surface area contributed by atoms with Crippen molar-refractivity contribution in [3.63, 3.8) is 0 Å². The number of carbonyl (C=O) groups excluding carboxylic acids is 1. The Balaban J connectivity index is 0.00000208. The van der Waals surface area contributed by atoms with Gasteiger partial charge in [-0.3, -0.25) is 4.79 Å². The molecule has 0 saturated carbocycles. The largest absolute Gasteiger partial charge is 0.492 e. The smallest absolute Gasteiger partial charge is 0.220 e. The molecule has 0 spiro atoms. The van der Waals surface area contributed by atoms with Crippen molar-refractivity contribution >= 4 is 41.5 Å². The Hall–Kier alpha value is -0.680. The summed E-state index contributed by atoms with van der Waals surface area (Å²) in [6.07, 6.45) is 5.74. The van der Waals surface area contributed by atoms with Crippen LogP contribution in [0.15, 0.2) is 18.2 Å².